The number of amidine groups is 1. The molecule has 0 radical (unpaired) electrons. The standard InChI is InChI=1S/C14H11BrF2N2O/c15-11-4-5-12(16)10(13(11)17)7-20-9-3-1-2-8(6-9)14(18)19/h1-6H,7H2,(H3,18,19). The normalized spacial score (nSPS) is 10.3. The van der Waals surface area contributed by atoms with Crippen molar-refractivity contribution in [1.29, 1.82) is 5.41 Å². The highest BCUT2D eigenvalue weighted by atomic mass is 79.9. The molecule has 2 aromatic carbocycles. The second kappa shape index (κ2) is 6.00. The fourth-order valence-electron chi connectivity index (χ4n) is 1.61. The molecule has 0 fully saturated rings. The number of ether oxygens (including phenoxy) is 1. The number of nitrogen functional groups attached to an aromatic ring is 1. The minimum atomic E-state index is -0.687. The molecular weight excluding hydrogens is 330 g/mol. The van der Waals surface area contributed by atoms with Crippen LogP contribution < -0.4 is 10.5 Å². The van der Waals surface area contributed by atoms with Crippen LogP contribution in [0.2, 0.25) is 0 Å². The fourth-order valence-corrected chi connectivity index (χ4v) is 1.98. The lowest BCUT2D eigenvalue weighted by Gasteiger charge is -2.10. The van der Waals surface area contributed by atoms with Crippen LogP contribution in [-0.4, -0.2) is 5.84 Å². The van der Waals surface area contributed by atoms with Gasteiger partial charge in [0.25, 0.3) is 0 Å². The Labute approximate surface area is 123 Å². The number of hydrogen-bond donors (Lipinski definition) is 2. The van der Waals surface area contributed by atoms with Crippen LogP contribution in [0.15, 0.2) is 40.9 Å². The number of hydrogen-bond acceptors (Lipinski definition) is 2. The van der Waals surface area contributed by atoms with Crippen LogP contribution in [0.5, 0.6) is 5.75 Å². The molecule has 6 heteroatoms. The Kier molecular flexibility index (Phi) is 4.34. The summed E-state index contributed by atoms with van der Waals surface area (Å²) in [4.78, 5) is 0. The molecule has 0 heterocycles. The van der Waals surface area contributed by atoms with Crippen molar-refractivity contribution in [3.63, 3.8) is 0 Å². The summed E-state index contributed by atoms with van der Waals surface area (Å²) in [6.45, 7) is -0.252. The molecule has 0 spiro atoms. The molecule has 2 rings (SSSR count). The number of nitrogens with two attached hydrogens (primary N) is 1. The van der Waals surface area contributed by atoms with Crippen molar-refractivity contribution >= 4 is 21.8 Å². The third-order valence-electron chi connectivity index (χ3n) is 2.67. The highest BCUT2D eigenvalue weighted by Crippen LogP contribution is 2.23. The number of benzene rings is 2. The molecule has 20 heavy (non-hydrogen) atoms. The molecule has 0 aliphatic carbocycles. The van der Waals surface area contributed by atoms with Crippen LogP contribution in [0.3, 0.4) is 0 Å². The zero-order valence-corrected chi connectivity index (χ0v) is 11.9. The monoisotopic (exact) mass is 340 g/mol. The molecule has 0 aromatic heterocycles. The van der Waals surface area contributed by atoms with Gasteiger partial charge in [0.15, 0.2) is 0 Å². The molecule has 0 amide bonds. The van der Waals surface area contributed by atoms with E-state index in [9.17, 15) is 8.78 Å². The van der Waals surface area contributed by atoms with Gasteiger partial charge in [-0.05, 0) is 40.2 Å². The summed E-state index contributed by atoms with van der Waals surface area (Å²) in [6.07, 6.45) is 0. The van der Waals surface area contributed by atoms with Crippen LogP contribution >= 0.6 is 15.9 Å². The highest BCUT2D eigenvalue weighted by Gasteiger charge is 2.13. The molecule has 0 aliphatic rings. The maximum Gasteiger partial charge on any atom is 0.146 e. The van der Waals surface area contributed by atoms with Gasteiger partial charge in [0.2, 0.25) is 0 Å². The van der Waals surface area contributed by atoms with Crippen molar-refractivity contribution in [2.24, 2.45) is 5.73 Å². The van der Waals surface area contributed by atoms with Crippen LogP contribution in [0.25, 0.3) is 0 Å². The van der Waals surface area contributed by atoms with Gasteiger partial charge in [0, 0.05) is 5.56 Å². The Morgan fingerprint density at radius 3 is 2.70 bits per heavy atom. The second-order valence-corrected chi connectivity index (χ2v) is 4.91. The average molecular weight is 341 g/mol. The summed E-state index contributed by atoms with van der Waals surface area (Å²) in [5, 5.41) is 7.32. The van der Waals surface area contributed by atoms with Gasteiger partial charge in [0.05, 0.1) is 10.0 Å². The van der Waals surface area contributed by atoms with E-state index < -0.39 is 11.6 Å². The van der Waals surface area contributed by atoms with Gasteiger partial charge in [-0.1, -0.05) is 12.1 Å². The first-order valence-electron chi connectivity index (χ1n) is 5.68. The molecule has 0 unspecified atom stereocenters. The quantitative estimate of drug-likeness (QED) is 0.507. The molecule has 0 aliphatic heterocycles. The van der Waals surface area contributed by atoms with Crippen molar-refractivity contribution in [3.8, 4) is 5.75 Å². The van der Waals surface area contributed by atoms with E-state index in [1.165, 1.54) is 12.1 Å². The van der Waals surface area contributed by atoms with E-state index in [2.05, 4.69) is 15.9 Å². The first-order valence-corrected chi connectivity index (χ1v) is 6.48. The molecule has 0 saturated carbocycles. The third kappa shape index (κ3) is 3.14. The van der Waals surface area contributed by atoms with Crippen LogP contribution in [0.1, 0.15) is 11.1 Å². The van der Waals surface area contributed by atoms with E-state index in [-0.39, 0.29) is 22.5 Å². The van der Waals surface area contributed by atoms with Crippen LogP contribution in [-0.2, 0) is 6.61 Å². The van der Waals surface area contributed by atoms with Crippen molar-refractivity contribution < 1.29 is 13.5 Å². The molecular formula is C14H11BrF2N2O. The molecule has 3 nitrogen and oxygen atoms in total. The second-order valence-electron chi connectivity index (χ2n) is 4.05. The van der Waals surface area contributed by atoms with Crippen molar-refractivity contribution in [3.05, 3.63) is 63.6 Å². The topological polar surface area (TPSA) is 59.1 Å². The number of nitrogens with one attached hydrogen (secondary N) is 1. The predicted molar refractivity (Wildman–Crippen MR) is 75.8 cm³/mol. The zero-order chi connectivity index (χ0) is 14.7. The summed E-state index contributed by atoms with van der Waals surface area (Å²) in [5.41, 5.74) is 5.68. The lowest BCUT2D eigenvalue weighted by Crippen LogP contribution is -2.11. The average Bonchev–Trinajstić information content (AvgIpc) is 2.43. The fraction of sp³-hybridized carbons (Fsp3) is 0.0714. The van der Waals surface area contributed by atoms with E-state index in [1.54, 1.807) is 18.2 Å². The Hall–Kier alpha value is -1.95. The SMILES string of the molecule is N=C(N)c1cccc(OCc2c(F)ccc(Br)c2F)c1. The lowest BCUT2D eigenvalue weighted by atomic mass is 10.2. The minimum absolute atomic E-state index is 0.102. The molecule has 0 saturated heterocycles. The summed E-state index contributed by atoms with van der Waals surface area (Å²) in [6, 6.07) is 8.92. The van der Waals surface area contributed by atoms with Gasteiger partial charge < -0.3 is 10.5 Å². The molecule has 2 aromatic rings. The molecule has 3 N–H and O–H groups in total. The Balaban J connectivity index is 2.19. The number of halogens is 3. The Morgan fingerprint density at radius 2 is 2.00 bits per heavy atom. The van der Waals surface area contributed by atoms with E-state index in [0.29, 0.717) is 11.3 Å². The smallest absolute Gasteiger partial charge is 0.146 e. The molecule has 104 valence electrons. The van der Waals surface area contributed by atoms with Crippen LogP contribution in [0, 0.1) is 17.0 Å². The third-order valence-corrected chi connectivity index (χ3v) is 3.28. The Morgan fingerprint density at radius 1 is 1.25 bits per heavy atom. The lowest BCUT2D eigenvalue weighted by molar-refractivity contribution is 0.292. The summed E-state index contributed by atoms with van der Waals surface area (Å²) >= 11 is 3.00. The van der Waals surface area contributed by atoms with Gasteiger partial charge >= 0.3 is 0 Å². The molecule has 0 bridgehead atoms. The van der Waals surface area contributed by atoms with Crippen molar-refractivity contribution in [2.45, 2.75) is 6.61 Å². The first kappa shape index (κ1) is 14.5. The van der Waals surface area contributed by atoms with E-state index in [4.69, 9.17) is 15.9 Å². The van der Waals surface area contributed by atoms with Gasteiger partial charge in [-0.25, -0.2) is 8.78 Å². The predicted octanol–water partition coefficient (Wildman–Crippen LogP) is 3.59. The maximum absolute atomic E-state index is 13.8. The largest absolute Gasteiger partial charge is 0.489 e. The highest BCUT2D eigenvalue weighted by molar-refractivity contribution is 9.10. The van der Waals surface area contributed by atoms with Crippen molar-refractivity contribution in [1.82, 2.24) is 0 Å². The van der Waals surface area contributed by atoms with Gasteiger partial charge in [-0.2, -0.15) is 0 Å². The van der Waals surface area contributed by atoms with Gasteiger partial charge in [0.1, 0.15) is 29.8 Å². The van der Waals surface area contributed by atoms with Crippen molar-refractivity contribution in [2.75, 3.05) is 0 Å². The molecule has 0 atom stereocenters. The van der Waals surface area contributed by atoms with E-state index in [1.807, 2.05) is 0 Å². The zero-order valence-electron chi connectivity index (χ0n) is 10.3. The van der Waals surface area contributed by atoms with E-state index in [0.717, 1.165) is 6.07 Å². The summed E-state index contributed by atoms with van der Waals surface area (Å²) < 4.78 is 32.8. The maximum atomic E-state index is 13.8. The summed E-state index contributed by atoms with van der Waals surface area (Å²) in [5.74, 6) is -1.08. The van der Waals surface area contributed by atoms with Gasteiger partial charge in [-0.3, -0.25) is 5.41 Å². The van der Waals surface area contributed by atoms with E-state index >= 15 is 0 Å². The minimum Gasteiger partial charge on any atom is -0.489 e. The first-order chi connectivity index (χ1) is 9.49. The van der Waals surface area contributed by atoms with Crippen LogP contribution in [0.4, 0.5) is 8.78 Å². The Bertz CT molecular complexity index is 662. The summed E-state index contributed by atoms with van der Waals surface area (Å²) in [7, 11) is 0. The van der Waals surface area contributed by atoms with Gasteiger partial charge in [-0.15, -0.1) is 0 Å². The number of rotatable bonds is 4.